The zero-order chi connectivity index (χ0) is 11.8. The SMILES string of the molecule is CCn1c2c(c3ccccc31)C=C(C=O)CC2. The van der Waals surface area contributed by atoms with Crippen LogP contribution in [0.5, 0.6) is 0 Å². The molecule has 0 atom stereocenters. The second kappa shape index (κ2) is 3.88. The molecule has 1 aliphatic rings. The predicted molar refractivity (Wildman–Crippen MR) is 70.0 cm³/mol. The number of allylic oxidation sites excluding steroid dienone is 1. The summed E-state index contributed by atoms with van der Waals surface area (Å²) in [6, 6.07) is 8.44. The van der Waals surface area contributed by atoms with Gasteiger partial charge in [-0.25, -0.2) is 0 Å². The third-order valence-electron chi connectivity index (χ3n) is 3.57. The van der Waals surface area contributed by atoms with Crippen molar-refractivity contribution in [3.05, 3.63) is 41.1 Å². The minimum Gasteiger partial charge on any atom is -0.344 e. The van der Waals surface area contributed by atoms with Gasteiger partial charge in [0.25, 0.3) is 0 Å². The number of hydrogen-bond donors (Lipinski definition) is 0. The Hall–Kier alpha value is -1.83. The van der Waals surface area contributed by atoms with Gasteiger partial charge in [0.05, 0.1) is 0 Å². The summed E-state index contributed by atoms with van der Waals surface area (Å²) in [6.07, 6.45) is 4.89. The highest BCUT2D eigenvalue weighted by molar-refractivity contribution is 5.96. The fourth-order valence-corrected chi connectivity index (χ4v) is 2.79. The minimum absolute atomic E-state index is 0.868. The molecule has 3 rings (SSSR count). The van der Waals surface area contributed by atoms with Crippen LogP contribution < -0.4 is 0 Å². The van der Waals surface area contributed by atoms with E-state index in [1.54, 1.807) is 0 Å². The van der Waals surface area contributed by atoms with Crippen molar-refractivity contribution in [3.8, 4) is 0 Å². The van der Waals surface area contributed by atoms with Crippen LogP contribution >= 0.6 is 0 Å². The molecule has 86 valence electrons. The largest absolute Gasteiger partial charge is 0.344 e. The highest BCUT2D eigenvalue weighted by atomic mass is 16.1. The second-order valence-corrected chi connectivity index (χ2v) is 4.46. The number of benzene rings is 1. The van der Waals surface area contributed by atoms with Crippen molar-refractivity contribution in [1.82, 2.24) is 4.57 Å². The number of aldehydes is 1. The van der Waals surface area contributed by atoms with Crippen molar-refractivity contribution in [2.75, 3.05) is 0 Å². The van der Waals surface area contributed by atoms with Gasteiger partial charge in [-0.3, -0.25) is 4.79 Å². The molecule has 2 aromatic rings. The molecule has 0 bridgehead atoms. The predicted octanol–water partition coefficient (Wildman–Crippen LogP) is 3.19. The molecular weight excluding hydrogens is 210 g/mol. The molecule has 1 aromatic heterocycles. The third kappa shape index (κ3) is 1.44. The normalized spacial score (nSPS) is 14.5. The van der Waals surface area contributed by atoms with Gasteiger partial charge in [-0.1, -0.05) is 18.2 Å². The third-order valence-corrected chi connectivity index (χ3v) is 3.57. The second-order valence-electron chi connectivity index (χ2n) is 4.46. The molecule has 2 nitrogen and oxygen atoms in total. The van der Waals surface area contributed by atoms with Gasteiger partial charge in [-0.2, -0.15) is 0 Å². The van der Waals surface area contributed by atoms with E-state index in [0.717, 1.165) is 31.2 Å². The number of carbonyl (C=O) groups is 1. The van der Waals surface area contributed by atoms with Gasteiger partial charge < -0.3 is 4.57 Å². The van der Waals surface area contributed by atoms with E-state index in [9.17, 15) is 4.79 Å². The maximum absolute atomic E-state index is 10.9. The Balaban J connectivity index is 2.36. The zero-order valence-corrected chi connectivity index (χ0v) is 9.94. The van der Waals surface area contributed by atoms with E-state index in [2.05, 4.69) is 41.8 Å². The maximum Gasteiger partial charge on any atom is 0.146 e. The summed E-state index contributed by atoms with van der Waals surface area (Å²) in [4.78, 5) is 10.9. The molecule has 0 fully saturated rings. The molecule has 0 unspecified atom stereocenters. The Labute approximate surface area is 101 Å². The van der Waals surface area contributed by atoms with Crippen LogP contribution in [0.25, 0.3) is 17.0 Å². The number of aryl methyl sites for hydroxylation is 1. The Morgan fingerprint density at radius 2 is 2.12 bits per heavy atom. The highest BCUT2D eigenvalue weighted by Gasteiger charge is 2.18. The number of carbonyl (C=O) groups excluding carboxylic acids is 1. The first-order valence-electron chi connectivity index (χ1n) is 6.11. The van der Waals surface area contributed by atoms with Crippen LogP contribution in [-0.4, -0.2) is 10.9 Å². The molecule has 0 aliphatic heterocycles. The van der Waals surface area contributed by atoms with Gasteiger partial charge in [-0.05, 0) is 37.5 Å². The number of hydrogen-bond acceptors (Lipinski definition) is 1. The van der Waals surface area contributed by atoms with Crippen LogP contribution in [0.4, 0.5) is 0 Å². The van der Waals surface area contributed by atoms with Crippen LogP contribution in [0.3, 0.4) is 0 Å². The van der Waals surface area contributed by atoms with E-state index < -0.39 is 0 Å². The number of nitrogens with zero attached hydrogens (tertiary/aromatic N) is 1. The van der Waals surface area contributed by atoms with E-state index >= 15 is 0 Å². The lowest BCUT2D eigenvalue weighted by Crippen LogP contribution is -2.05. The quantitative estimate of drug-likeness (QED) is 0.719. The molecule has 2 heteroatoms. The molecule has 1 aromatic carbocycles. The number of aromatic nitrogens is 1. The number of fused-ring (bicyclic) bond motifs is 3. The average molecular weight is 225 g/mol. The molecular formula is C15H15NO. The van der Waals surface area contributed by atoms with Crippen molar-refractivity contribution >= 4 is 23.3 Å². The van der Waals surface area contributed by atoms with Crippen LogP contribution in [0, 0.1) is 0 Å². The lowest BCUT2D eigenvalue weighted by atomic mass is 9.96. The van der Waals surface area contributed by atoms with Crippen molar-refractivity contribution in [2.45, 2.75) is 26.3 Å². The topological polar surface area (TPSA) is 22.0 Å². The molecule has 0 radical (unpaired) electrons. The summed E-state index contributed by atoms with van der Waals surface area (Å²) in [5.41, 5.74) is 4.81. The minimum atomic E-state index is 0.868. The Kier molecular flexibility index (Phi) is 2.36. The fraction of sp³-hybridized carbons (Fsp3) is 0.267. The van der Waals surface area contributed by atoms with Gasteiger partial charge >= 0.3 is 0 Å². The molecule has 1 aliphatic carbocycles. The summed E-state index contributed by atoms with van der Waals surface area (Å²) in [5, 5.41) is 1.27. The molecule has 0 saturated heterocycles. The molecule has 0 N–H and O–H groups in total. The molecule has 1 heterocycles. The Morgan fingerprint density at radius 3 is 2.88 bits per heavy atom. The molecule has 0 amide bonds. The van der Waals surface area contributed by atoms with Crippen LogP contribution in [0.2, 0.25) is 0 Å². The molecule has 0 spiro atoms. The Bertz CT molecular complexity index is 619. The monoisotopic (exact) mass is 225 g/mol. The Morgan fingerprint density at radius 1 is 1.29 bits per heavy atom. The first-order chi connectivity index (χ1) is 8.35. The standard InChI is InChI=1S/C15H15NO/c1-2-16-14-6-4-3-5-12(14)13-9-11(10-17)7-8-15(13)16/h3-6,9-10H,2,7-8H2,1H3. The summed E-state index contributed by atoms with van der Waals surface area (Å²) < 4.78 is 2.36. The smallest absolute Gasteiger partial charge is 0.146 e. The van der Waals surface area contributed by atoms with Gasteiger partial charge in [0.1, 0.15) is 6.29 Å². The fourth-order valence-electron chi connectivity index (χ4n) is 2.79. The van der Waals surface area contributed by atoms with E-state index in [-0.39, 0.29) is 0 Å². The van der Waals surface area contributed by atoms with Crippen LogP contribution in [-0.2, 0) is 17.8 Å². The van der Waals surface area contributed by atoms with Crippen molar-refractivity contribution in [3.63, 3.8) is 0 Å². The van der Waals surface area contributed by atoms with Crippen molar-refractivity contribution in [1.29, 1.82) is 0 Å². The van der Waals surface area contributed by atoms with Gasteiger partial charge in [0.15, 0.2) is 0 Å². The average Bonchev–Trinajstić information content (AvgIpc) is 2.71. The number of rotatable bonds is 2. The van der Waals surface area contributed by atoms with Gasteiger partial charge in [0, 0.05) is 28.7 Å². The summed E-state index contributed by atoms with van der Waals surface area (Å²) in [6.45, 7) is 3.16. The first-order valence-corrected chi connectivity index (χ1v) is 6.11. The first kappa shape index (κ1) is 10.3. The van der Waals surface area contributed by atoms with Gasteiger partial charge in [-0.15, -0.1) is 0 Å². The van der Waals surface area contributed by atoms with Crippen molar-refractivity contribution in [2.24, 2.45) is 0 Å². The number of para-hydroxylation sites is 1. The zero-order valence-electron chi connectivity index (χ0n) is 9.94. The maximum atomic E-state index is 10.9. The summed E-state index contributed by atoms with van der Waals surface area (Å²) >= 11 is 0. The lowest BCUT2D eigenvalue weighted by Gasteiger charge is -2.13. The lowest BCUT2D eigenvalue weighted by molar-refractivity contribution is -0.105. The van der Waals surface area contributed by atoms with Gasteiger partial charge in [0.2, 0.25) is 0 Å². The molecule has 0 saturated carbocycles. The van der Waals surface area contributed by atoms with E-state index in [1.165, 1.54) is 22.2 Å². The summed E-state index contributed by atoms with van der Waals surface area (Å²) in [5.74, 6) is 0. The van der Waals surface area contributed by atoms with E-state index in [1.807, 2.05) is 0 Å². The summed E-state index contributed by atoms with van der Waals surface area (Å²) in [7, 11) is 0. The van der Waals surface area contributed by atoms with Crippen LogP contribution in [0.15, 0.2) is 29.8 Å². The van der Waals surface area contributed by atoms with Crippen LogP contribution in [0.1, 0.15) is 24.6 Å². The van der Waals surface area contributed by atoms with Crippen molar-refractivity contribution < 1.29 is 4.79 Å². The van der Waals surface area contributed by atoms with E-state index in [0.29, 0.717) is 0 Å². The highest BCUT2D eigenvalue weighted by Crippen LogP contribution is 2.32. The van der Waals surface area contributed by atoms with E-state index in [4.69, 9.17) is 0 Å². The molecule has 17 heavy (non-hydrogen) atoms.